The predicted molar refractivity (Wildman–Crippen MR) is 280 cm³/mol. The van der Waals surface area contributed by atoms with E-state index in [2.05, 4.69) is 61.4 Å². The maximum atomic E-state index is 14.4. The van der Waals surface area contributed by atoms with E-state index >= 15 is 0 Å². The number of ether oxygens (including phenoxy) is 2. The second-order valence-corrected chi connectivity index (χ2v) is 18.5. The lowest BCUT2D eigenvalue weighted by Crippen LogP contribution is -2.46. The van der Waals surface area contributed by atoms with Gasteiger partial charge >= 0.3 is 11.9 Å². The monoisotopic (exact) mass is 1080 g/mol. The van der Waals surface area contributed by atoms with Crippen molar-refractivity contribution in [3.8, 4) is 0 Å². The zero-order valence-corrected chi connectivity index (χ0v) is 44.6. The zero-order chi connectivity index (χ0) is 55.3. The normalized spacial score (nSPS) is 20.7. The van der Waals surface area contributed by atoms with Crippen LogP contribution < -0.4 is 31.9 Å². The van der Waals surface area contributed by atoms with Gasteiger partial charge in [-0.15, -0.1) is 0 Å². The molecular formula is C52H68F2N8O11S2. The number of fused-ring (bicyclic) bond motifs is 4. The van der Waals surface area contributed by atoms with Crippen LogP contribution in [0.2, 0.25) is 0 Å². The number of allylic oxidation sites excluding steroid dienone is 4. The molecule has 408 valence electrons. The Labute approximate surface area is 445 Å². The van der Waals surface area contributed by atoms with Crippen molar-refractivity contribution in [1.82, 2.24) is 41.9 Å². The lowest BCUT2D eigenvalue weighted by Gasteiger charge is -2.21. The molecule has 0 saturated heterocycles. The number of carbonyl (C=O) groups is 9. The molecule has 4 bridgehead atoms. The first-order valence-corrected chi connectivity index (χ1v) is 26.5. The number of aromatic nitrogens is 2. The van der Waals surface area contributed by atoms with Gasteiger partial charge in [-0.25, -0.2) is 28.3 Å². The Morgan fingerprint density at radius 1 is 0.667 bits per heavy atom. The molecule has 0 unspecified atom stereocenters. The first kappa shape index (κ1) is 62.5. The van der Waals surface area contributed by atoms with E-state index < -0.39 is 83.3 Å². The van der Waals surface area contributed by atoms with Crippen LogP contribution in [-0.2, 0) is 56.1 Å². The molecule has 0 aliphatic carbocycles. The lowest BCUT2D eigenvalue weighted by molar-refractivity contribution is -0.152. The summed E-state index contributed by atoms with van der Waals surface area (Å²) in [7, 11) is 0. The van der Waals surface area contributed by atoms with Gasteiger partial charge in [-0.1, -0.05) is 82.5 Å². The van der Waals surface area contributed by atoms with Gasteiger partial charge in [0.2, 0.25) is 11.8 Å². The highest BCUT2D eigenvalue weighted by atomic mass is 32.2. The summed E-state index contributed by atoms with van der Waals surface area (Å²) in [5, 5.41) is 15.1. The molecule has 2 aromatic rings. The van der Waals surface area contributed by atoms with Crippen molar-refractivity contribution in [3.05, 3.63) is 107 Å². The number of halogens is 2. The van der Waals surface area contributed by atoms with E-state index in [4.69, 9.17) is 9.47 Å². The molecule has 0 aromatic carbocycles. The Morgan fingerprint density at radius 3 is 1.55 bits per heavy atom. The van der Waals surface area contributed by atoms with Crippen molar-refractivity contribution < 1.29 is 61.4 Å². The largest absolute Gasteiger partial charge is 0.456 e. The van der Waals surface area contributed by atoms with Crippen LogP contribution in [0.3, 0.4) is 0 Å². The number of pyridine rings is 2. The molecule has 23 heteroatoms. The number of thiol groups is 1. The van der Waals surface area contributed by atoms with Gasteiger partial charge in [0.1, 0.15) is 58.7 Å². The second-order valence-electron chi connectivity index (χ2n) is 16.9. The number of amides is 6. The van der Waals surface area contributed by atoms with Crippen molar-refractivity contribution in [3.63, 3.8) is 0 Å². The number of hydrogen-bond donors (Lipinski definition) is 7. The average molecular weight is 1080 g/mol. The molecule has 4 heterocycles. The van der Waals surface area contributed by atoms with E-state index in [0.717, 1.165) is 43.9 Å². The Morgan fingerprint density at radius 2 is 1.12 bits per heavy atom. The molecule has 0 saturated carbocycles. The van der Waals surface area contributed by atoms with Crippen LogP contribution in [0.15, 0.2) is 72.1 Å². The molecule has 2 aromatic heterocycles. The molecule has 4 atom stereocenters. The highest BCUT2D eigenvalue weighted by Crippen LogP contribution is 2.16. The standard InChI is InChI=1S/C30H41FN4O6S.C22H27FN4O5S/c1-4-7-8-9-10-14-27(37)42-17-12-11-13-20-18-26(36)32-19-25-21(31)15-16-24(33-25)29(39)34-22(5-2)28(38)35-23(6-3)30(40)41-20;1-3-15-20(29)27-16(4-2)22(31)32-13(7-5-6-10-33)11-19(28)24-12-18-14(23)8-9-17(25-18)21(30)26-15/h5,11,13,15-16,20,23H,4,6-10,12,14,17-19H2,1-3H3,(H,32,36)(H,34,39)(H,35,38);3,5,7-9,13,16,33H,4,6,10-12H2,1-2H3,(H,24,28)(H,26,30)(H,27,29)/b13-11+,22-5-;7-5+,15-3-/t20-,23+;13-,16+/m11/s1. The van der Waals surface area contributed by atoms with E-state index in [0.29, 0.717) is 30.8 Å². The molecular weight excluding hydrogens is 1010 g/mol. The summed E-state index contributed by atoms with van der Waals surface area (Å²) in [6.45, 7) is 8.00. The molecule has 2 aliphatic rings. The van der Waals surface area contributed by atoms with Crippen molar-refractivity contribution in [2.75, 3.05) is 11.5 Å². The van der Waals surface area contributed by atoms with Crippen LogP contribution in [0.4, 0.5) is 8.78 Å². The molecule has 0 radical (unpaired) electrons. The summed E-state index contributed by atoms with van der Waals surface area (Å²) in [4.78, 5) is 122. The lowest BCUT2D eigenvalue weighted by atomic mass is 10.1. The molecule has 2 aliphatic heterocycles. The molecule has 0 fully saturated rings. The third-order valence-corrected chi connectivity index (χ3v) is 12.3. The number of hydrogen-bond acceptors (Lipinski definition) is 15. The molecule has 6 amide bonds. The number of nitrogens with zero attached hydrogens (tertiary/aromatic N) is 2. The first-order chi connectivity index (χ1) is 36.0. The van der Waals surface area contributed by atoms with Crippen LogP contribution in [0.1, 0.15) is 144 Å². The summed E-state index contributed by atoms with van der Waals surface area (Å²) >= 11 is 5.37. The number of carbonyl (C=O) groups excluding carboxylic acids is 9. The smallest absolute Gasteiger partial charge is 0.329 e. The highest BCUT2D eigenvalue weighted by Gasteiger charge is 2.29. The minimum absolute atomic E-state index is 0.107. The van der Waals surface area contributed by atoms with Crippen molar-refractivity contribution in [1.29, 1.82) is 0 Å². The van der Waals surface area contributed by atoms with Crippen LogP contribution in [0.25, 0.3) is 0 Å². The molecule has 4 rings (SSSR count). The zero-order valence-electron chi connectivity index (χ0n) is 42.9. The van der Waals surface area contributed by atoms with Crippen molar-refractivity contribution >= 4 is 76.9 Å². The highest BCUT2D eigenvalue weighted by molar-refractivity contribution is 8.13. The van der Waals surface area contributed by atoms with Crippen LogP contribution >= 0.6 is 24.4 Å². The number of esters is 2. The van der Waals surface area contributed by atoms with Crippen LogP contribution in [0, 0.1) is 11.6 Å². The van der Waals surface area contributed by atoms with E-state index in [1.54, 1.807) is 38.2 Å². The molecule has 0 spiro atoms. The van der Waals surface area contributed by atoms with Gasteiger partial charge in [-0.2, -0.15) is 12.6 Å². The van der Waals surface area contributed by atoms with E-state index in [1.165, 1.54) is 50.2 Å². The fourth-order valence-corrected chi connectivity index (χ4v) is 7.80. The number of nitrogens with one attached hydrogen (secondary N) is 6. The SMILES string of the molecule is C/C=C1\NC(=O)c2ccc(F)c(n2)CNC(=O)C[C@@H](/C=C/CCS)OC(=O)[C@H](CC)NC1=O.C/C=C1\NC(=O)c2ccc(F)c(n2)CNC(=O)C[C@@H](/C=C/CCSC(=O)CCCCCCC)OC(=O)[C@H](CC)NC1=O. The minimum atomic E-state index is -1.04. The Bertz CT molecular complexity index is 2470. The van der Waals surface area contributed by atoms with Gasteiger partial charge in [0.05, 0.1) is 37.3 Å². The summed E-state index contributed by atoms with van der Waals surface area (Å²) in [5.74, 6) is -5.79. The second kappa shape index (κ2) is 33.9. The number of thioether (sulfide) groups is 1. The van der Waals surface area contributed by atoms with E-state index in [9.17, 15) is 51.9 Å². The third kappa shape index (κ3) is 22.3. The van der Waals surface area contributed by atoms with Gasteiger partial charge in [-0.3, -0.25) is 33.6 Å². The fourth-order valence-electron chi connectivity index (χ4n) is 6.88. The first-order valence-electron chi connectivity index (χ1n) is 24.9. The Hall–Kier alpha value is -6.75. The van der Waals surface area contributed by atoms with Gasteiger partial charge in [0.15, 0.2) is 5.12 Å². The van der Waals surface area contributed by atoms with Gasteiger partial charge in [0, 0.05) is 12.2 Å². The molecule has 75 heavy (non-hydrogen) atoms. The van der Waals surface area contributed by atoms with Gasteiger partial charge in [0.25, 0.3) is 23.6 Å². The van der Waals surface area contributed by atoms with Crippen molar-refractivity contribution in [2.24, 2.45) is 0 Å². The maximum Gasteiger partial charge on any atom is 0.329 e. The Kier molecular flexibility index (Phi) is 28.3. The topological polar surface area (TPSA) is 270 Å². The Balaban J connectivity index is 0.000000407. The molecule has 19 nitrogen and oxygen atoms in total. The van der Waals surface area contributed by atoms with Gasteiger partial charge < -0.3 is 41.4 Å². The number of cyclic esters (lactones) is 2. The van der Waals surface area contributed by atoms with Crippen LogP contribution in [0.5, 0.6) is 0 Å². The van der Waals surface area contributed by atoms with E-state index in [-0.39, 0.29) is 78.1 Å². The maximum absolute atomic E-state index is 14.4. The van der Waals surface area contributed by atoms with Crippen molar-refractivity contribution in [2.45, 2.75) is 149 Å². The van der Waals surface area contributed by atoms with Crippen LogP contribution in [-0.4, -0.2) is 98.3 Å². The predicted octanol–water partition coefficient (Wildman–Crippen LogP) is 5.80. The third-order valence-electron chi connectivity index (χ3n) is 11.1. The minimum Gasteiger partial charge on any atom is -0.456 e. The number of unbranched alkanes of at least 4 members (excludes halogenated alkanes) is 4. The molecule has 6 N–H and O–H groups in total. The van der Waals surface area contributed by atoms with E-state index in [1.807, 2.05) is 0 Å². The summed E-state index contributed by atoms with van der Waals surface area (Å²) in [5.41, 5.74) is -0.844. The summed E-state index contributed by atoms with van der Waals surface area (Å²) in [6.07, 6.45) is 14.4. The van der Waals surface area contributed by atoms with Gasteiger partial charge in [-0.05, 0) is 88.1 Å². The summed E-state index contributed by atoms with van der Waals surface area (Å²) in [6, 6.07) is 2.39. The quantitative estimate of drug-likeness (QED) is 0.0365. The number of rotatable bonds is 15. The average Bonchev–Trinajstić information content (AvgIpc) is 3.38. The summed E-state index contributed by atoms with van der Waals surface area (Å²) < 4.78 is 39.5. The fraction of sp³-hybridized carbons (Fsp3) is 0.481.